The Morgan fingerprint density at radius 1 is 0.565 bits per heavy atom. The predicted octanol–water partition coefficient (Wildman–Crippen LogP) is 12.7. The van der Waals surface area contributed by atoms with Gasteiger partial charge in [-0.05, 0) is 131 Å². The van der Waals surface area contributed by atoms with E-state index in [-0.39, 0.29) is 76.4 Å². The van der Waals surface area contributed by atoms with E-state index in [9.17, 15) is 50.4 Å². The fraction of sp³-hybridized carbons (Fsp3) is 0.449. The second-order valence-corrected chi connectivity index (χ2v) is 40.0. The second-order valence-electron chi connectivity index (χ2n) is 35.9. The van der Waals surface area contributed by atoms with E-state index in [1.54, 1.807) is 40.2 Å². The Bertz CT molecular complexity index is 5680. The van der Waals surface area contributed by atoms with Gasteiger partial charge in [-0.2, -0.15) is 0 Å². The number of urea groups is 1. The van der Waals surface area contributed by atoms with E-state index in [1.807, 2.05) is 199 Å². The Kier molecular flexibility index (Phi) is 34.6. The molecule has 6 fully saturated rings. The van der Waals surface area contributed by atoms with Gasteiger partial charge in [0.2, 0.25) is 49.8 Å². The molecular formula is C98H125Cl2N13O16S2. The molecule has 0 radical (unpaired) electrons. The lowest BCUT2D eigenvalue weighted by Gasteiger charge is -2.35. The van der Waals surface area contributed by atoms with E-state index in [2.05, 4.69) is 74.5 Å². The molecular weight excluding hydrogens is 1750 g/mol. The fourth-order valence-electron chi connectivity index (χ4n) is 16.5. The third kappa shape index (κ3) is 24.3. The summed E-state index contributed by atoms with van der Waals surface area (Å²) >= 11 is 0. The summed E-state index contributed by atoms with van der Waals surface area (Å²) in [6, 6.07) is 47.6. The summed E-state index contributed by atoms with van der Waals surface area (Å²) in [6.45, 7) is 33.2. The van der Waals surface area contributed by atoms with Crippen LogP contribution in [0.5, 0.6) is 23.0 Å². The first-order chi connectivity index (χ1) is 61.4. The van der Waals surface area contributed by atoms with Crippen molar-refractivity contribution in [3.05, 3.63) is 206 Å². The number of methoxy groups -OCH3 is 2. The number of rotatable bonds is 32. The number of fused-ring (bicyclic) bond motifs is 2. The maximum Gasteiger partial charge on any atom is 0.315 e. The van der Waals surface area contributed by atoms with E-state index >= 15 is 0 Å². The Hall–Kier alpha value is -11.3. The molecule has 704 valence electrons. The van der Waals surface area contributed by atoms with Gasteiger partial charge in [-0.3, -0.25) is 38.2 Å². The highest BCUT2D eigenvalue weighted by Gasteiger charge is 2.66. The van der Waals surface area contributed by atoms with Gasteiger partial charge < -0.3 is 60.6 Å². The minimum atomic E-state index is -4.16. The van der Waals surface area contributed by atoms with E-state index in [1.165, 1.54) is 47.7 Å². The van der Waals surface area contributed by atoms with Crippen LogP contribution in [-0.2, 0) is 66.4 Å². The number of ether oxygens (including phenoxy) is 4. The third-order valence-electron chi connectivity index (χ3n) is 24.9. The summed E-state index contributed by atoms with van der Waals surface area (Å²) in [5.41, 5.74) is 7.88. The van der Waals surface area contributed by atoms with Crippen LogP contribution in [0, 0.1) is 22.7 Å². The molecule has 6 aliphatic rings. The molecule has 14 rings (SSSR count). The van der Waals surface area contributed by atoms with Crippen molar-refractivity contribution < 1.29 is 74.1 Å². The molecule has 33 heteroatoms. The summed E-state index contributed by atoms with van der Waals surface area (Å²) < 4.78 is 82.0. The quantitative estimate of drug-likeness (QED) is 0.0117. The maximum atomic E-state index is 14.7. The van der Waals surface area contributed by atoms with Crippen LogP contribution in [-0.4, -0.2) is 206 Å². The first-order valence-electron chi connectivity index (χ1n) is 44.1. The molecule has 29 nitrogen and oxygen atoms in total. The molecule has 8 N–H and O–H groups in total. The number of amides is 8. The van der Waals surface area contributed by atoms with Crippen molar-refractivity contribution in [2.75, 3.05) is 60.0 Å². The molecule has 4 heterocycles. The molecule has 2 aromatic heterocycles. The summed E-state index contributed by atoms with van der Waals surface area (Å²) in [4.78, 5) is 126. The Morgan fingerprint density at radius 3 is 1.25 bits per heavy atom. The van der Waals surface area contributed by atoms with Gasteiger partial charge in [0.25, 0.3) is 11.8 Å². The number of halogens is 2. The number of nitrogens with two attached hydrogens (primary N) is 1. The molecule has 2 aliphatic heterocycles. The number of carbonyl (C=O) groups excluding carboxylic acids is 8. The molecule has 0 bridgehead atoms. The summed E-state index contributed by atoms with van der Waals surface area (Å²) in [5, 5.41) is 12.6. The van der Waals surface area contributed by atoms with Crippen molar-refractivity contribution in [1.82, 2.24) is 55.4 Å². The molecule has 8 aromatic rings. The van der Waals surface area contributed by atoms with Crippen LogP contribution in [0.1, 0.15) is 139 Å². The van der Waals surface area contributed by atoms with E-state index in [0.717, 1.165) is 22.3 Å². The number of aromatic nitrogens is 2. The number of aliphatic imine (C=N–C) groups is 1. The van der Waals surface area contributed by atoms with Crippen molar-refractivity contribution in [3.63, 3.8) is 0 Å². The zero-order valence-electron chi connectivity index (χ0n) is 76.8. The fourth-order valence-corrected chi connectivity index (χ4v) is 19.8. The van der Waals surface area contributed by atoms with Crippen LogP contribution in [0.3, 0.4) is 0 Å². The number of carbonyl (C=O) groups is 7. The number of hydrogen-bond donors (Lipinski definition) is 7. The van der Waals surface area contributed by atoms with Crippen LogP contribution < -0.4 is 55.4 Å². The monoisotopic (exact) mass is 1870 g/mol. The van der Waals surface area contributed by atoms with Crippen molar-refractivity contribution in [1.29, 1.82) is 0 Å². The van der Waals surface area contributed by atoms with Crippen LogP contribution in [0.15, 0.2) is 200 Å². The lowest BCUT2D eigenvalue weighted by molar-refractivity contribution is -0.142. The number of nitrogens with zero attached hydrogens (tertiary/aromatic N) is 6. The Morgan fingerprint density at radius 2 is 0.947 bits per heavy atom. The molecule has 4 aliphatic carbocycles. The number of nitrogens with one attached hydrogen (secondary N) is 6. The predicted molar refractivity (Wildman–Crippen MR) is 513 cm³/mol. The van der Waals surface area contributed by atoms with Gasteiger partial charge in [-0.25, -0.2) is 41.4 Å². The number of hydrogen-bond acceptors (Lipinski definition) is 21. The van der Waals surface area contributed by atoms with Crippen LogP contribution in [0.2, 0.25) is 0 Å². The number of likely N-dealkylation sites (tertiary alicyclic amines) is 2. The molecule has 6 aromatic carbocycles. The van der Waals surface area contributed by atoms with Gasteiger partial charge in [0.05, 0.1) is 65.3 Å². The van der Waals surface area contributed by atoms with Crippen LogP contribution >= 0.6 is 24.8 Å². The van der Waals surface area contributed by atoms with Gasteiger partial charge in [-0.15, -0.1) is 38.0 Å². The summed E-state index contributed by atoms with van der Waals surface area (Å²) in [6.07, 6.45) is 5.58. The average Bonchev–Trinajstić information content (AvgIpc) is 1.56. The van der Waals surface area contributed by atoms with Crippen molar-refractivity contribution in [2.24, 2.45) is 33.4 Å². The molecule has 0 unspecified atom stereocenters. The number of benzene rings is 6. The van der Waals surface area contributed by atoms with Gasteiger partial charge in [0.15, 0.2) is 0 Å². The van der Waals surface area contributed by atoms with Crippen molar-refractivity contribution >= 4 is 114 Å². The second kappa shape index (κ2) is 43.8. The minimum Gasteiger partial charge on any atom is -0.497 e. The summed E-state index contributed by atoms with van der Waals surface area (Å²) in [7, 11) is -5.13. The highest BCUT2D eigenvalue weighted by Crippen LogP contribution is 2.51. The van der Waals surface area contributed by atoms with Crippen molar-refractivity contribution in [3.8, 4) is 45.5 Å². The average molecular weight is 1880 g/mol. The number of pyridine rings is 2. The minimum absolute atomic E-state index is 0. The Balaban J connectivity index is 0.000000259. The van der Waals surface area contributed by atoms with Crippen molar-refractivity contribution in [2.45, 2.75) is 197 Å². The highest BCUT2D eigenvalue weighted by molar-refractivity contribution is 7.92. The van der Waals surface area contributed by atoms with Gasteiger partial charge >= 0.3 is 6.03 Å². The SMILES string of the molecule is C=C[C@@H]1C[C@]1(NC(=O)[C@@H]1C[C@@H](Oc2cc(-c3ccccc3)nc3cc(OC)ccc23)CN1C(=O)[C@@H](N)C(C)(C)C)C(=O)NS(=O)(=O)C1(Cc2ccccc2)CC1.C=C[C@@H]1C[C@]1(NC(=O)[C@@H]1C[C@@H](Oc2cc(-c3ccccc3)nc3cc(OC)ccc23)CN1C(=O)[C@@H](NC(=O)NCC)C(C)(C)C)C(=O)NS(=O)(=O)C1(Cc2ccccc2)CC1.CCN(CC)CC.CCN=C=O.Cl.Cl. The third-order valence-corrected chi connectivity index (χ3v) is 29.2. The zero-order chi connectivity index (χ0) is 93.6. The normalized spacial score (nSPS) is 20.9. The molecule has 0 spiro atoms. The molecule has 131 heavy (non-hydrogen) atoms. The topological polar surface area (TPSA) is 388 Å². The lowest BCUT2D eigenvalue weighted by atomic mass is 9.85. The van der Waals surface area contributed by atoms with E-state index in [0.29, 0.717) is 95.0 Å². The largest absolute Gasteiger partial charge is 0.497 e. The maximum absolute atomic E-state index is 14.7. The number of isocyanates is 1. The van der Waals surface area contributed by atoms with Crippen LogP contribution in [0.25, 0.3) is 44.3 Å². The first-order valence-corrected chi connectivity index (χ1v) is 47.0. The van der Waals surface area contributed by atoms with E-state index < -0.39 is 141 Å². The summed E-state index contributed by atoms with van der Waals surface area (Å²) in [5.74, 6) is -2.78. The van der Waals surface area contributed by atoms with Gasteiger partial charge in [0, 0.05) is 83.9 Å². The highest BCUT2D eigenvalue weighted by atomic mass is 35.5. The Labute approximate surface area is 781 Å². The lowest BCUT2D eigenvalue weighted by Crippen LogP contribution is -2.61. The molecule has 8 amide bonds. The zero-order valence-corrected chi connectivity index (χ0v) is 80.1. The molecule has 10 atom stereocenters. The van der Waals surface area contributed by atoms with Crippen LogP contribution in [0.4, 0.5) is 4.79 Å². The van der Waals surface area contributed by atoms with E-state index in [4.69, 9.17) is 39.4 Å². The first kappa shape index (κ1) is 103. The molecule has 4 saturated carbocycles. The molecule has 2 saturated heterocycles. The number of sulfonamides is 2. The van der Waals surface area contributed by atoms with Gasteiger partial charge in [0.1, 0.15) is 64.4 Å². The van der Waals surface area contributed by atoms with Gasteiger partial charge in [-0.1, -0.05) is 196 Å². The smallest absolute Gasteiger partial charge is 0.315 e. The standard InChI is InChI=1S/C46H54N6O8S.C43H49N5O7S.C6H15N.C3H5NO.2ClH/c1-7-31-27-46(31,42(55)51-61(57,58)45(21-22-45)26-29-15-11-9-12-16-29)50-40(53)37-24-33(28-52(37)41(54)39(44(3,4)5)49-43(56)47-8-2)60-38-25-35(30-17-13-10-14-18-30)48-36-23-32(59-6)19-20-34(36)38;1-6-29-25-43(29,40(51)47-56(52,53)42(19-20-42)24-27-13-9-7-10-14-27)46-38(49)35-22-31(26-48(35)39(50)37(44)41(2,3)4)55-36-23-33(28-15-11-8-12-16-28)45-34-21-30(54-5)17-18-32(34)36;1-4-7(5-2)6-3;1-2-4-3-5;;/h7,9-20,23,25,31,33,37,39H,1,8,21-22,24,26-28H2,2-6H3,(H,50,53)(H,51,55)(H2,47,49,56);6-18,21,23,29,31,35,37H,1,19-20,22,24-26,44H2,2-5H3,(H,46,49)(H,47,51);4-6H2,1-3H3;2H2,1H3;2*1H/t31-,33-,37+,39-,46-;29-,31-,35+,37-,43-;;;;/m11..../s1.